The van der Waals surface area contributed by atoms with Crippen LogP contribution in [0, 0.1) is 12.8 Å². The van der Waals surface area contributed by atoms with Gasteiger partial charge in [-0.3, -0.25) is 19.3 Å². The number of hydrogen-bond acceptors (Lipinski definition) is 7. The molecule has 1 aromatic carbocycles. The molecule has 7 nitrogen and oxygen atoms in total. The molecule has 1 saturated carbocycles. The fourth-order valence-corrected chi connectivity index (χ4v) is 5.66. The number of nitrogens with zero attached hydrogens (tertiary/aromatic N) is 2. The fourth-order valence-electron chi connectivity index (χ4n) is 4.84. The van der Waals surface area contributed by atoms with E-state index in [9.17, 15) is 14.4 Å². The molecule has 1 aliphatic carbocycles. The number of aromatic nitrogens is 1. The molecule has 0 atom stereocenters. The minimum absolute atomic E-state index is 0.0326. The Kier molecular flexibility index (Phi) is 9.18. The molecular weight excluding hydrogens is 462 g/mol. The van der Waals surface area contributed by atoms with Crippen molar-refractivity contribution in [2.24, 2.45) is 5.92 Å². The molecule has 4 rings (SSSR count). The van der Waals surface area contributed by atoms with Crippen LogP contribution in [0.4, 0.5) is 0 Å². The van der Waals surface area contributed by atoms with Gasteiger partial charge in [-0.15, -0.1) is 11.3 Å². The number of ether oxygens (including phenoxy) is 1. The van der Waals surface area contributed by atoms with E-state index in [4.69, 9.17) is 4.74 Å². The van der Waals surface area contributed by atoms with Crippen LogP contribution in [0.1, 0.15) is 57.9 Å². The molecule has 8 heteroatoms. The standard InChI is InChI=1S/C27H35N3O4S/c1-19-6-7-21(24(14-19)27(33)20-4-2-3-5-20)15-23(31)17-26-29-22(18-35-26)16-25(32)28-8-9-30-10-12-34-13-11-30/h6-7,14,18,20H,2-5,8-13,15-17H2,1H3,(H,28,32). The number of nitrogens with one attached hydrogen (secondary N) is 1. The van der Waals surface area contributed by atoms with E-state index in [1.807, 2.05) is 30.5 Å². The Balaban J connectivity index is 1.27. The Labute approximate surface area is 211 Å². The maximum absolute atomic E-state index is 13.1. The monoisotopic (exact) mass is 497 g/mol. The van der Waals surface area contributed by atoms with Crippen molar-refractivity contribution in [3.05, 3.63) is 51.0 Å². The molecule has 0 unspecified atom stereocenters. The van der Waals surface area contributed by atoms with Crippen LogP contribution >= 0.6 is 11.3 Å². The van der Waals surface area contributed by atoms with Gasteiger partial charge in [-0.25, -0.2) is 4.98 Å². The molecule has 2 fully saturated rings. The molecule has 2 aliphatic rings. The molecule has 1 aromatic heterocycles. The third kappa shape index (κ3) is 7.53. The maximum Gasteiger partial charge on any atom is 0.226 e. The molecule has 1 aliphatic heterocycles. The zero-order valence-corrected chi connectivity index (χ0v) is 21.3. The first kappa shape index (κ1) is 25.7. The Bertz CT molecular complexity index is 1040. The number of benzene rings is 1. The number of carbonyl (C=O) groups is 3. The van der Waals surface area contributed by atoms with Crippen LogP contribution in [-0.2, 0) is 33.6 Å². The van der Waals surface area contributed by atoms with Crippen molar-refractivity contribution in [1.29, 1.82) is 0 Å². The SMILES string of the molecule is Cc1ccc(CC(=O)Cc2nc(CC(=O)NCCN3CCOCC3)cs2)c(C(=O)C2CCCC2)c1. The number of carbonyl (C=O) groups excluding carboxylic acids is 3. The highest BCUT2D eigenvalue weighted by Crippen LogP contribution is 2.29. The highest BCUT2D eigenvalue weighted by Gasteiger charge is 2.26. The van der Waals surface area contributed by atoms with E-state index in [0.717, 1.165) is 69.7 Å². The van der Waals surface area contributed by atoms with Gasteiger partial charge in [-0.1, -0.05) is 30.5 Å². The van der Waals surface area contributed by atoms with Crippen molar-refractivity contribution in [3.8, 4) is 0 Å². The number of amides is 1. The average Bonchev–Trinajstić information content (AvgIpc) is 3.53. The van der Waals surface area contributed by atoms with E-state index in [2.05, 4.69) is 15.2 Å². The summed E-state index contributed by atoms with van der Waals surface area (Å²) in [4.78, 5) is 45.0. The van der Waals surface area contributed by atoms with Gasteiger partial charge >= 0.3 is 0 Å². The summed E-state index contributed by atoms with van der Waals surface area (Å²) in [5, 5.41) is 5.51. The van der Waals surface area contributed by atoms with Crippen LogP contribution < -0.4 is 5.32 Å². The topological polar surface area (TPSA) is 88.6 Å². The van der Waals surface area contributed by atoms with Gasteiger partial charge < -0.3 is 10.1 Å². The van der Waals surface area contributed by atoms with Gasteiger partial charge in [0.1, 0.15) is 10.8 Å². The van der Waals surface area contributed by atoms with E-state index in [1.165, 1.54) is 11.3 Å². The van der Waals surface area contributed by atoms with Gasteiger partial charge in [-0.2, -0.15) is 0 Å². The van der Waals surface area contributed by atoms with Crippen LogP contribution in [0.2, 0.25) is 0 Å². The van der Waals surface area contributed by atoms with Gasteiger partial charge in [-0.05, 0) is 31.4 Å². The van der Waals surface area contributed by atoms with Crippen LogP contribution in [0.15, 0.2) is 23.6 Å². The zero-order valence-electron chi connectivity index (χ0n) is 20.5. The van der Waals surface area contributed by atoms with Gasteiger partial charge in [0.15, 0.2) is 5.78 Å². The second-order valence-corrected chi connectivity index (χ2v) is 10.6. The van der Waals surface area contributed by atoms with Crippen molar-refractivity contribution in [3.63, 3.8) is 0 Å². The summed E-state index contributed by atoms with van der Waals surface area (Å²) in [6, 6.07) is 5.82. The first-order valence-electron chi connectivity index (χ1n) is 12.6. The van der Waals surface area contributed by atoms with Crippen molar-refractivity contribution in [2.45, 2.75) is 51.9 Å². The number of rotatable bonds is 11. The molecule has 1 saturated heterocycles. The van der Waals surface area contributed by atoms with E-state index in [-0.39, 0.29) is 42.7 Å². The van der Waals surface area contributed by atoms with Crippen LogP contribution in [0.25, 0.3) is 0 Å². The molecule has 1 N–H and O–H groups in total. The quantitative estimate of drug-likeness (QED) is 0.480. The second kappa shape index (κ2) is 12.5. The summed E-state index contributed by atoms with van der Waals surface area (Å²) < 4.78 is 5.34. The molecule has 2 heterocycles. The van der Waals surface area contributed by atoms with Gasteiger partial charge in [0.2, 0.25) is 5.91 Å². The number of Topliss-reactive ketones (excluding diaryl/α,β-unsaturated/α-hetero) is 2. The maximum atomic E-state index is 13.1. The van der Waals surface area contributed by atoms with E-state index in [0.29, 0.717) is 22.8 Å². The number of thiazole rings is 1. The molecule has 0 bridgehead atoms. The first-order valence-corrected chi connectivity index (χ1v) is 13.5. The molecule has 2 aromatic rings. The van der Waals surface area contributed by atoms with Crippen LogP contribution in [-0.4, -0.2) is 66.8 Å². The zero-order chi connectivity index (χ0) is 24.6. The third-order valence-corrected chi connectivity index (χ3v) is 7.69. The summed E-state index contributed by atoms with van der Waals surface area (Å²) in [7, 11) is 0. The van der Waals surface area contributed by atoms with Gasteiger partial charge in [0, 0.05) is 49.5 Å². The largest absolute Gasteiger partial charge is 0.379 e. The molecular formula is C27H35N3O4S. The van der Waals surface area contributed by atoms with Crippen molar-refractivity contribution >= 4 is 28.8 Å². The fraction of sp³-hybridized carbons (Fsp3) is 0.556. The van der Waals surface area contributed by atoms with Crippen LogP contribution in [0.5, 0.6) is 0 Å². The summed E-state index contributed by atoms with van der Waals surface area (Å²) in [6.45, 7) is 6.69. The average molecular weight is 498 g/mol. The summed E-state index contributed by atoms with van der Waals surface area (Å²) >= 11 is 1.41. The van der Waals surface area contributed by atoms with Gasteiger partial charge in [0.25, 0.3) is 0 Å². The van der Waals surface area contributed by atoms with E-state index >= 15 is 0 Å². The minimum atomic E-state index is -0.0591. The molecule has 1 amide bonds. The van der Waals surface area contributed by atoms with Crippen molar-refractivity contribution in [1.82, 2.24) is 15.2 Å². The number of morpholine rings is 1. The van der Waals surface area contributed by atoms with E-state index in [1.54, 1.807) is 0 Å². The summed E-state index contributed by atoms with van der Waals surface area (Å²) in [5.41, 5.74) is 3.25. The molecule has 188 valence electrons. The Morgan fingerprint density at radius 2 is 1.89 bits per heavy atom. The lowest BCUT2D eigenvalue weighted by Gasteiger charge is -2.26. The normalized spacial score (nSPS) is 16.9. The van der Waals surface area contributed by atoms with Gasteiger partial charge in [0.05, 0.1) is 31.7 Å². The Morgan fingerprint density at radius 3 is 2.66 bits per heavy atom. The molecule has 0 radical (unpaired) electrons. The highest BCUT2D eigenvalue weighted by molar-refractivity contribution is 7.09. The number of ketones is 2. The third-order valence-electron chi connectivity index (χ3n) is 6.79. The molecule has 35 heavy (non-hydrogen) atoms. The van der Waals surface area contributed by atoms with Crippen molar-refractivity contribution < 1.29 is 19.1 Å². The second-order valence-electron chi connectivity index (χ2n) is 9.61. The Morgan fingerprint density at radius 1 is 1.11 bits per heavy atom. The predicted molar refractivity (Wildman–Crippen MR) is 136 cm³/mol. The lowest BCUT2D eigenvalue weighted by molar-refractivity contribution is -0.120. The predicted octanol–water partition coefficient (Wildman–Crippen LogP) is 3.17. The lowest BCUT2D eigenvalue weighted by Crippen LogP contribution is -2.41. The highest BCUT2D eigenvalue weighted by atomic mass is 32.1. The number of hydrogen-bond donors (Lipinski definition) is 1. The Hall–Kier alpha value is -2.42. The van der Waals surface area contributed by atoms with Crippen LogP contribution in [0.3, 0.4) is 0 Å². The van der Waals surface area contributed by atoms with E-state index < -0.39 is 0 Å². The smallest absolute Gasteiger partial charge is 0.226 e. The molecule has 0 spiro atoms. The lowest BCUT2D eigenvalue weighted by atomic mass is 9.90. The first-order chi connectivity index (χ1) is 17.0. The summed E-state index contributed by atoms with van der Waals surface area (Å²) in [6.07, 6.45) is 4.76. The summed E-state index contributed by atoms with van der Waals surface area (Å²) in [5.74, 6) is 0.249. The number of aryl methyl sites for hydroxylation is 1. The minimum Gasteiger partial charge on any atom is -0.379 e. The van der Waals surface area contributed by atoms with Crippen molar-refractivity contribution in [2.75, 3.05) is 39.4 Å².